The largest absolute Gasteiger partial charge is 0.423 e. The van der Waals surface area contributed by atoms with Crippen LogP contribution in [0.3, 0.4) is 0 Å². The average Bonchev–Trinajstić information content (AvgIpc) is 2.89. The topological polar surface area (TPSA) is 75.0 Å². The van der Waals surface area contributed by atoms with Crippen molar-refractivity contribution in [3.05, 3.63) is 57.0 Å². The lowest BCUT2D eigenvalue weighted by atomic mass is 10.0. The van der Waals surface area contributed by atoms with Gasteiger partial charge in [0.2, 0.25) is 0 Å². The zero-order valence-electron chi connectivity index (χ0n) is 11.4. The summed E-state index contributed by atoms with van der Waals surface area (Å²) in [5.74, 6) is 0. The van der Waals surface area contributed by atoms with Gasteiger partial charge in [-0.2, -0.15) is 18.3 Å². The summed E-state index contributed by atoms with van der Waals surface area (Å²) >= 11 is 0. The van der Waals surface area contributed by atoms with E-state index in [0.29, 0.717) is 6.54 Å². The minimum atomic E-state index is -4.74. The number of nitrogens with one attached hydrogen (secondary N) is 1. The van der Waals surface area contributed by atoms with Gasteiger partial charge < -0.3 is 10.6 Å². The molecule has 0 spiro atoms. The first-order chi connectivity index (χ1) is 10.4. The van der Waals surface area contributed by atoms with Gasteiger partial charge in [-0.3, -0.25) is 4.79 Å². The summed E-state index contributed by atoms with van der Waals surface area (Å²) in [6.45, 7) is 0.880. The van der Waals surface area contributed by atoms with Crippen LogP contribution in [0.15, 0.2) is 29.2 Å². The van der Waals surface area contributed by atoms with Gasteiger partial charge in [-0.05, 0) is 16.7 Å². The Kier molecular flexibility index (Phi) is 3.40. The molecule has 2 heterocycles. The second-order valence-corrected chi connectivity index (χ2v) is 5.07. The molecule has 1 aromatic heterocycles. The number of rotatable bonds is 2. The molecule has 0 saturated carbocycles. The highest BCUT2D eigenvalue weighted by atomic mass is 19.4. The number of aromatic amines is 1. The van der Waals surface area contributed by atoms with Gasteiger partial charge in [-0.25, -0.2) is 5.10 Å². The molecule has 0 unspecified atom stereocenters. The van der Waals surface area contributed by atoms with E-state index in [1.54, 1.807) is 0 Å². The van der Waals surface area contributed by atoms with Crippen LogP contribution < -0.4 is 16.2 Å². The van der Waals surface area contributed by atoms with E-state index in [1.807, 2.05) is 23.3 Å². The lowest BCUT2D eigenvalue weighted by Gasteiger charge is -2.21. The highest BCUT2D eigenvalue weighted by molar-refractivity contribution is 5.57. The third-order valence-corrected chi connectivity index (χ3v) is 3.76. The number of halogens is 3. The molecule has 0 atom stereocenters. The van der Waals surface area contributed by atoms with Crippen LogP contribution in [0.5, 0.6) is 0 Å². The molecule has 8 heteroatoms. The first kappa shape index (κ1) is 14.6. The first-order valence-electron chi connectivity index (χ1n) is 6.61. The van der Waals surface area contributed by atoms with Gasteiger partial charge in [0.25, 0.3) is 5.56 Å². The van der Waals surface area contributed by atoms with Crippen molar-refractivity contribution >= 4 is 5.69 Å². The molecular weight excluding hydrogens is 297 g/mol. The standard InChI is InChI=1S/C14H13F3N4O/c15-14(16,17)12-11(5-19-20-13(12)22)21-6-9-3-1-2-8(4-18)10(9)7-21/h1-3,5H,4,6-7,18H2,(H,20,22). The van der Waals surface area contributed by atoms with Crippen LogP contribution in [0, 0.1) is 0 Å². The van der Waals surface area contributed by atoms with E-state index >= 15 is 0 Å². The van der Waals surface area contributed by atoms with Gasteiger partial charge in [0.05, 0.1) is 11.9 Å². The Morgan fingerprint density at radius 1 is 1.32 bits per heavy atom. The fourth-order valence-corrected chi connectivity index (χ4v) is 2.76. The molecule has 0 radical (unpaired) electrons. The van der Waals surface area contributed by atoms with Gasteiger partial charge in [0, 0.05) is 19.6 Å². The SMILES string of the molecule is NCc1cccc2c1CN(c1cn[nH]c(=O)c1C(F)(F)F)C2. The molecule has 1 aromatic carbocycles. The average molecular weight is 310 g/mol. The lowest BCUT2D eigenvalue weighted by molar-refractivity contribution is -0.138. The van der Waals surface area contributed by atoms with Crippen LogP contribution in [0.25, 0.3) is 0 Å². The molecule has 0 aliphatic carbocycles. The molecule has 0 amide bonds. The van der Waals surface area contributed by atoms with Crippen molar-refractivity contribution in [1.29, 1.82) is 0 Å². The second-order valence-electron chi connectivity index (χ2n) is 5.07. The van der Waals surface area contributed by atoms with Crippen LogP contribution in [-0.2, 0) is 25.8 Å². The van der Waals surface area contributed by atoms with E-state index in [9.17, 15) is 18.0 Å². The van der Waals surface area contributed by atoms with E-state index in [1.165, 1.54) is 4.90 Å². The molecule has 5 nitrogen and oxygen atoms in total. The number of aromatic nitrogens is 2. The Hall–Kier alpha value is -2.35. The number of hydrogen-bond donors (Lipinski definition) is 2. The summed E-state index contributed by atoms with van der Waals surface area (Å²) < 4.78 is 39.4. The van der Waals surface area contributed by atoms with Crippen molar-refractivity contribution in [1.82, 2.24) is 10.2 Å². The lowest BCUT2D eigenvalue weighted by Crippen LogP contribution is -2.28. The van der Waals surface area contributed by atoms with Crippen molar-refractivity contribution < 1.29 is 13.2 Å². The maximum Gasteiger partial charge on any atom is 0.423 e. The van der Waals surface area contributed by atoms with Crippen molar-refractivity contribution in [2.24, 2.45) is 5.73 Å². The summed E-state index contributed by atoms with van der Waals surface area (Å²) in [7, 11) is 0. The van der Waals surface area contributed by atoms with E-state index in [2.05, 4.69) is 5.10 Å². The molecule has 0 saturated heterocycles. The predicted octanol–water partition coefficient (Wildman–Crippen LogP) is 1.77. The Labute approximate surface area is 123 Å². The molecule has 2 aromatic rings. The Morgan fingerprint density at radius 3 is 2.77 bits per heavy atom. The first-order valence-corrected chi connectivity index (χ1v) is 6.61. The summed E-state index contributed by atoms with van der Waals surface area (Å²) in [6, 6.07) is 5.52. The number of alkyl halides is 3. The molecule has 3 N–H and O–H groups in total. The monoisotopic (exact) mass is 310 g/mol. The molecule has 116 valence electrons. The smallest absolute Gasteiger partial charge is 0.361 e. The van der Waals surface area contributed by atoms with E-state index in [0.717, 1.165) is 22.9 Å². The molecule has 1 aliphatic heterocycles. The zero-order valence-corrected chi connectivity index (χ0v) is 11.4. The minimum Gasteiger partial charge on any atom is -0.361 e. The fraction of sp³-hybridized carbons (Fsp3) is 0.286. The van der Waals surface area contributed by atoms with Gasteiger partial charge >= 0.3 is 6.18 Å². The number of benzene rings is 1. The van der Waals surface area contributed by atoms with Crippen LogP contribution in [0.4, 0.5) is 18.9 Å². The van der Waals surface area contributed by atoms with E-state index in [4.69, 9.17) is 5.73 Å². The van der Waals surface area contributed by atoms with Crippen molar-refractivity contribution in [3.8, 4) is 0 Å². The molecule has 0 fully saturated rings. The predicted molar refractivity (Wildman–Crippen MR) is 74.1 cm³/mol. The van der Waals surface area contributed by atoms with Crippen molar-refractivity contribution in [2.45, 2.75) is 25.8 Å². The third kappa shape index (κ3) is 2.35. The van der Waals surface area contributed by atoms with Gasteiger partial charge in [0.1, 0.15) is 5.56 Å². The van der Waals surface area contributed by atoms with Crippen LogP contribution in [0.2, 0.25) is 0 Å². The number of nitrogens with zero attached hydrogens (tertiary/aromatic N) is 2. The van der Waals surface area contributed by atoms with Crippen molar-refractivity contribution in [3.63, 3.8) is 0 Å². The quantitative estimate of drug-likeness (QED) is 0.886. The summed E-state index contributed by atoms with van der Waals surface area (Å²) in [5.41, 5.74) is 5.72. The van der Waals surface area contributed by atoms with E-state index in [-0.39, 0.29) is 18.8 Å². The third-order valence-electron chi connectivity index (χ3n) is 3.76. The van der Waals surface area contributed by atoms with Crippen LogP contribution >= 0.6 is 0 Å². The molecule has 3 rings (SSSR count). The van der Waals surface area contributed by atoms with Gasteiger partial charge in [-0.15, -0.1) is 0 Å². The summed E-state index contributed by atoms with van der Waals surface area (Å²) in [4.78, 5) is 13.0. The highest BCUT2D eigenvalue weighted by Crippen LogP contribution is 2.37. The number of fused-ring (bicyclic) bond motifs is 1. The minimum absolute atomic E-state index is 0.213. The highest BCUT2D eigenvalue weighted by Gasteiger charge is 2.39. The maximum atomic E-state index is 13.1. The Balaban J connectivity index is 2.06. The van der Waals surface area contributed by atoms with Gasteiger partial charge in [0.15, 0.2) is 0 Å². The normalized spacial score (nSPS) is 14.3. The molecule has 1 aliphatic rings. The molecule has 22 heavy (non-hydrogen) atoms. The fourth-order valence-electron chi connectivity index (χ4n) is 2.76. The second kappa shape index (κ2) is 5.13. The van der Waals surface area contributed by atoms with Crippen molar-refractivity contribution in [2.75, 3.05) is 4.90 Å². The number of H-pyrrole nitrogens is 1. The molecule has 0 bridgehead atoms. The van der Waals surface area contributed by atoms with Crippen LogP contribution in [-0.4, -0.2) is 10.2 Å². The van der Waals surface area contributed by atoms with Gasteiger partial charge in [-0.1, -0.05) is 18.2 Å². The Bertz CT molecular complexity index is 769. The zero-order chi connectivity index (χ0) is 15.9. The van der Waals surface area contributed by atoms with E-state index < -0.39 is 17.3 Å². The maximum absolute atomic E-state index is 13.1. The number of anilines is 1. The number of nitrogens with two attached hydrogens (primary N) is 1. The van der Waals surface area contributed by atoms with Crippen LogP contribution in [0.1, 0.15) is 22.3 Å². The summed E-state index contributed by atoms with van der Waals surface area (Å²) in [6.07, 6.45) is -3.70. The molecular formula is C14H13F3N4O. The Morgan fingerprint density at radius 2 is 2.09 bits per heavy atom. The number of hydrogen-bond acceptors (Lipinski definition) is 4. The summed E-state index contributed by atoms with van der Waals surface area (Å²) in [5, 5.41) is 5.35.